The van der Waals surface area contributed by atoms with E-state index in [4.69, 9.17) is 0 Å². The average molecular weight is 516 g/mol. The number of nitrogens with zero attached hydrogens (tertiary/aromatic N) is 5. The maximum atomic E-state index is 13.4. The van der Waals surface area contributed by atoms with Crippen LogP contribution in [0.25, 0.3) is 16.9 Å². The number of carbonyl (C=O) groups excluding carboxylic acids is 2. The molecule has 1 N–H and O–H groups in total. The van der Waals surface area contributed by atoms with Gasteiger partial charge in [-0.25, -0.2) is 18.3 Å². The summed E-state index contributed by atoms with van der Waals surface area (Å²) in [4.78, 5) is 31.0. The van der Waals surface area contributed by atoms with E-state index in [1.165, 1.54) is 16.8 Å². The molecule has 1 amide bonds. The molecule has 3 heterocycles. The third kappa shape index (κ3) is 6.37. The van der Waals surface area contributed by atoms with Crippen LogP contribution < -0.4 is 0 Å². The van der Waals surface area contributed by atoms with Gasteiger partial charge in [0.1, 0.15) is 11.3 Å². The van der Waals surface area contributed by atoms with Gasteiger partial charge in [0, 0.05) is 36.3 Å². The molecule has 0 aliphatic carbocycles. The summed E-state index contributed by atoms with van der Waals surface area (Å²) in [6.45, 7) is 13.5. The maximum absolute atomic E-state index is 13.4. The topological polar surface area (TPSA) is 91.0 Å². The molecule has 3 aromatic rings. The summed E-state index contributed by atoms with van der Waals surface area (Å²) in [6.07, 6.45) is 2.16. The maximum Gasteiger partial charge on any atom is 0.254 e. The van der Waals surface area contributed by atoms with Gasteiger partial charge in [-0.15, -0.1) is 0 Å². The zero-order valence-corrected chi connectivity index (χ0v) is 22.4. The first kappa shape index (κ1) is 28.3. The van der Waals surface area contributed by atoms with E-state index in [-0.39, 0.29) is 23.1 Å². The lowest BCUT2D eigenvalue weighted by Crippen LogP contribution is -2.61. The standard InChI is InChI=1S/C16H13F2N3O.C11H22N2O2/c1-9(2)12-6-15(10-3-4-13(17)14(18)5-10)20-21-7-11(8-22)19-16(12)21;1-10(2)8-13(7-6-12(10)5)9(14)11(3,4)15/h3-9H,1-2H3;15H,6-8H2,1-5H3. The zero-order valence-electron chi connectivity index (χ0n) is 22.4. The Kier molecular flexibility index (Phi) is 8.14. The Labute approximate surface area is 215 Å². The summed E-state index contributed by atoms with van der Waals surface area (Å²) in [5.74, 6) is -1.87. The van der Waals surface area contributed by atoms with Crippen LogP contribution in [-0.4, -0.2) is 79.5 Å². The predicted molar refractivity (Wildman–Crippen MR) is 137 cm³/mol. The van der Waals surface area contributed by atoms with Crippen LogP contribution >= 0.6 is 0 Å². The van der Waals surface area contributed by atoms with Crippen molar-refractivity contribution in [2.45, 2.75) is 58.6 Å². The van der Waals surface area contributed by atoms with Crippen molar-refractivity contribution >= 4 is 17.8 Å². The predicted octanol–water partition coefficient (Wildman–Crippen LogP) is 3.92. The molecule has 1 saturated heterocycles. The lowest BCUT2D eigenvalue weighted by Gasteiger charge is -2.46. The van der Waals surface area contributed by atoms with Crippen molar-refractivity contribution < 1.29 is 23.5 Å². The van der Waals surface area contributed by atoms with Gasteiger partial charge in [0.2, 0.25) is 0 Å². The van der Waals surface area contributed by atoms with Crippen LogP contribution in [0, 0.1) is 11.6 Å². The van der Waals surface area contributed by atoms with Crippen LogP contribution in [0.5, 0.6) is 0 Å². The lowest BCUT2D eigenvalue weighted by molar-refractivity contribution is -0.152. The second kappa shape index (κ2) is 10.6. The van der Waals surface area contributed by atoms with Gasteiger partial charge in [-0.05, 0) is 64.9 Å². The fraction of sp³-hybridized carbons (Fsp3) is 0.481. The molecule has 0 bridgehead atoms. The first-order valence-corrected chi connectivity index (χ1v) is 12.2. The molecular formula is C27H35F2N5O3. The summed E-state index contributed by atoms with van der Waals surface area (Å²) in [5.41, 5.74) is 1.42. The number of hydrogen-bond donors (Lipinski definition) is 1. The van der Waals surface area contributed by atoms with Gasteiger partial charge in [0.25, 0.3) is 5.91 Å². The third-order valence-corrected chi connectivity index (χ3v) is 6.56. The van der Waals surface area contributed by atoms with E-state index in [0.29, 0.717) is 36.3 Å². The summed E-state index contributed by atoms with van der Waals surface area (Å²) < 4.78 is 28.0. The Bertz CT molecular complexity index is 1300. The minimum absolute atomic E-state index is 0.0147. The number of likely N-dealkylation sites (N-methyl/N-ethyl adjacent to an activating group) is 1. The van der Waals surface area contributed by atoms with Crippen LogP contribution in [0.4, 0.5) is 8.78 Å². The number of fused-ring (bicyclic) bond motifs is 1. The number of aldehydes is 1. The van der Waals surface area contributed by atoms with E-state index in [1.807, 2.05) is 13.8 Å². The van der Waals surface area contributed by atoms with Crippen molar-refractivity contribution in [1.29, 1.82) is 0 Å². The van der Waals surface area contributed by atoms with Gasteiger partial charge in [-0.2, -0.15) is 5.10 Å². The number of carbonyl (C=O) groups is 2. The highest BCUT2D eigenvalue weighted by Gasteiger charge is 2.37. The SMILES string of the molecule is CC(C)c1cc(-c2ccc(F)c(F)c2)nn2cc(C=O)nc12.CN1CCN(C(=O)C(C)(C)O)CC1(C)C. The normalized spacial score (nSPS) is 16.0. The van der Waals surface area contributed by atoms with Crippen molar-refractivity contribution in [1.82, 2.24) is 24.4 Å². The van der Waals surface area contributed by atoms with E-state index in [0.717, 1.165) is 24.2 Å². The summed E-state index contributed by atoms with van der Waals surface area (Å²) in [5, 5.41) is 14.0. The summed E-state index contributed by atoms with van der Waals surface area (Å²) in [7, 11) is 2.06. The zero-order chi connectivity index (χ0) is 27.7. The fourth-order valence-corrected chi connectivity index (χ4v) is 4.10. The summed E-state index contributed by atoms with van der Waals surface area (Å²) >= 11 is 0. The number of imidazole rings is 1. The molecule has 0 spiro atoms. The van der Waals surface area contributed by atoms with Gasteiger partial charge < -0.3 is 10.0 Å². The van der Waals surface area contributed by atoms with Crippen molar-refractivity contribution in [3.05, 3.63) is 53.4 Å². The third-order valence-electron chi connectivity index (χ3n) is 6.56. The summed E-state index contributed by atoms with van der Waals surface area (Å²) in [6, 6.07) is 5.42. The highest BCUT2D eigenvalue weighted by molar-refractivity contribution is 5.84. The first-order chi connectivity index (χ1) is 17.1. The monoisotopic (exact) mass is 515 g/mol. The van der Waals surface area contributed by atoms with Crippen LogP contribution in [-0.2, 0) is 4.79 Å². The Morgan fingerprint density at radius 2 is 1.84 bits per heavy atom. The highest BCUT2D eigenvalue weighted by atomic mass is 19.2. The Balaban J connectivity index is 0.000000222. The van der Waals surface area contributed by atoms with Crippen molar-refractivity contribution in [2.75, 3.05) is 26.7 Å². The molecule has 200 valence electrons. The number of benzene rings is 1. The van der Waals surface area contributed by atoms with E-state index in [2.05, 4.69) is 35.9 Å². The minimum Gasteiger partial charge on any atom is -0.381 e. The first-order valence-electron chi connectivity index (χ1n) is 12.2. The Morgan fingerprint density at radius 1 is 1.16 bits per heavy atom. The van der Waals surface area contributed by atoms with Crippen LogP contribution in [0.1, 0.15) is 63.5 Å². The largest absolute Gasteiger partial charge is 0.381 e. The molecule has 1 aromatic carbocycles. The molecule has 4 rings (SSSR count). The molecule has 1 aliphatic rings. The smallest absolute Gasteiger partial charge is 0.254 e. The van der Waals surface area contributed by atoms with E-state index in [9.17, 15) is 23.5 Å². The van der Waals surface area contributed by atoms with Crippen molar-refractivity contribution in [3.8, 4) is 11.3 Å². The van der Waals surface area contributed by atoms with Crippen LogP contribution in [0.3, 0.4) is 0 Å². The molecule has 0 radical (unpaired) electrons. The molecule has 2 aromatic heterocycles. The fourth-order valence-electron chi connectivity index (χ4n) is 4.10. The van der Waals surface area contributed by atoms with Crippen LogP contribution in [0.2, 0.25) is 0 Å². The van der Waals surface area contributed by atoms with Crippen molar-refractivity contribution in [2.24, 2.45) is 0 Å². The van der Waals surface area contributed by atoms with Gasteiger partial charge in [-0.3, -0.25) is 14.5 Å². The molecule has 10 heteroatoms. The molecule has 37 heavy (non-hydrogen) atoms. The molecule has 0 unspecified atom stereocenters. The average Bonchev–Trinajstić information content (AvgIpc) is 3.24. The number of amides is 1. The number of aromatic nitrogens is 3. The quantitative estimate of drug-likeness (QED) is 0.530. The molecule has 1 aliphatic heterocycles. The van der Waals surface area contributed by atoms with E-state index >= 15 is 0 Å². The van der Waals surface area contributed by atoms with Gasteiger partial charge in [-0.1, -0.05) is 13.8 Å². The minimum atomic E-state index is -1.26. The lowest BCUT2D eigenvalue weighted by atomic mass is 9.98. The molecule has 1 fully saturated rings. The van der Waals surface area contributed by atoms with Crippen LogP contribution in [0.15, 0.2) is 30.5 Å². The van der Waals surface area contributed by atoms with Gasteiger partial charge >= 0.3 is 0 Å². The number of aliphatic hydroxyl groups is 1. The second-order valence-corrected chi connectivity index (χ2v) is 10.8. The highest BCUT2D eigenvalue weighted by Crippen LogP contribution is 2.26. The number of halogens is 2. The van der Waals surface area contributed by atoms with Gasteiger partial charge in [0.05, 0.1) is 11.9 Å². The number of rotatable bonds is 4. The van der Waals surface area contributed by atoms with Gasteiger partial charge in [0.15, 0.2) is 23.6 Å². The Morgan fingerprint density at radius 3 is 2.38 bits per heavy atom. The van der Waals surface area contributed by atoms with Crippen molar-refractivity contribution in [3.63, 3.8) is 0 Å². The number of hydrogen-bond acceptors (Lipinski definition) is 6. The molecule has 0 atom stereocenters. The van der Waals surface area contributed by atoms with E-state index < -0.39 is 17.2 Å². The Hall–Kier alpha value is -3.24. The van der Waals surface area contributed by atoms with E-state index in [1.54, 1.807) is 24.8 Å². The molecular weight excluding hydrogens is 480 g/mol. The second-order valence-electron chi connectivity index (χ2n) is 10.8. The molecule has 0 saturated carbocycles. The molecule has 8 nitrogen and oxygen atoms in total. The number of piperazine rings is 1.